The van der Waals surface area contributed by atoms with Crippen molar-refractivity contribution in [3.05, 3.63) is 71.5 Å². The molecule has 100 valence electrons. The average Bonchev–Trinajstić information content (AvgIpc) is 2.46. The lowest BCUT2D eigenvalue weighted by atomic mass is 10.0. The van der Waals surface area contributed by atoms with E-state index in [1.54, 1.807) is 6.07 Å². The van der Waals surface area contributed by atoms with Crippen molar-refractivity contribution in [1.29, 1.82) is 0 Å². The molecule has 1 N–H and O–H groups in total. The molecule has 0 aliphatic carbocycles. The minimum atomic E-state index is -0.114. The van der Waals surface area contributed by atoms with Crippen molar-refractivity contribution in [2.75, 3.05) is 6.54 Å². The summed E-state index contributed by atoms with van der Waals surface area (Å²) in [6.45, 7) is 2.95. The summed E-state index contributed by atoms with van der Waals surface area (Å²) in [4.78, 5) is 0. The first kappa shape index (κ1) is 13.8. The number of halogens is 1. The third-order valence-electron chi connectivity index (χ3n) is 3.35. The third-order valence-corrected chi connectivity index (χ3v) is 3.35. The highest BCUT2D eigenvalue weighted by Gasteiger charge is 2.08. The Morgan fingerprint density at radius 3 is 2.37 bits per heavy atom. The van der Waals surface area contributed by atoms with Crippen molar-refractivity contribution >= 4 is 0 Å². The van der Waals surface area contributed by atoms with Gasteiger partial charge in [0.2, 0.25) is 0 Å². The molecule has 0 radical (unpaired) electrons. The van der Waals surface area contributed by atoms with Crippen LogP contribution in [-0.2, 0) is 6.42 Å². The second kappa shape index (κ2) is 7.05. The van der Waals surface area contributed by atoms with E-state index in [1.807, 2.05) is 18.2 Å². The Bertz CT molecular complexity index is 496. The minimum absolute atomic E-state index is 0.114. The van der Waals surface area contributed by atoms with E-state index in [0.717, 1.165) is 24.9 Å². The van der Waals surface area contributed by atoms with Gasteiger partial charge < -0.3 is 5.32 Å². The van der Waals surface area contributed by atoms with Crippen LogP contribution in [-0.4, -0.2) is 6.54 Å². The Labute approximate surface area is 114 Å². The van der Waals surface area contributed by atoms with Gasteiger partial charge in [0.25, 0.3) is 0 Å². The van der Waals surface area contributed by atoms with Gasteiger partial charge in [0, 0.05) is 6.04 Å². The molecule has 1 atom stereocenters. The maximum atomic E-state index is 13.5. The maximum absolute atomic E-state index is 13.5. The first-order valence-electron chi connectivity index (χ1n) is 6.83. The van der Waals surface area contributed by atoms with Crippen LogP contribution in [0.15, 0.2) is 54.6 Å². The van der Waals surface area contributed by atoms with Crippen molar-refractivity contribution < 1.29 is 4.39 Å². The molecule has 0 saturated carbocycles. The van der Waals surface area contributed by atoms with Gasteiger partial charge in [-0.05, 0) is 36.6 Å². The summed E-state index contributed by atoms with van der Waals surface area (Å²) < 4.78 is 13.5. The number of nitrogens with one attached hydrogen (secondary N) is 1. The fourth-order valence-corrected chi connectivity index (χ4v) is 2.27. The molecule has 19 heavy (non-hydrogen) atoms. The summed E-state index contributed by atoms with van der Waals surface area (Å²) >= 11 is 0. The fourth-order valence-electron chi connectivity index (χ4n) is 2.27. The van der Waals surface area contributed by atoms with Crippen molar-refractivity contribution in [2.45, 2.75) is 25.8 Å². The van der Waals surface area contributed by atoms with Crippen LogP contribution in [0, 0.1) is 5.82 Å². The Morgan fingerprint density at radius 1 is 1.00 bits per heavy atom. The second-order valence-electron chi connectivity index (χ2n) is 4.67. The van der Waals surface area contributed by atoms with Gasteiger partial charge in [-0.3, -0.25) is 0 Å². The molecule has 0 spiro atoms. The zero-order chi connectivity index (χ0) is 13.5. The zero-order valence-corrected chi connectivity index (χ0v) is 11.3. The molecule has 1 nitrogen and oxygen atoms in total. The second-order valence-corrected chi connectivity index (χ2v) is 4.67. The summed E-state index contributed by atoms with van der Waals surface area (Å²) in [5.74, 6) is -0.114. The summed E-state index contributed by atoms with van der Waals surface area (Å²) in [6, 6.07) is 17.7. The summed E-state index contributed by atoms with van der Waals surface area (Å²) in [7, 11) is 0. The summed E-state index contributed by atoms with van der Waals surface area (Å²) in [5, 5.41) is 3.49. The van der Waals surface area contributed by atoms with Gasteiger partial charge in [-0.1, -0.05) is 55.5 Å². The van der Waals surface area contributed by atoms with E-state index in [2.05, 4.69) is 36.5 Å². The van der Waals surface area contributed by atoms with Crippen LogP contribution in [0.1, 0.15) is 30.5 Å². The van der Waals surface area contributed by atoms with Crippen molar-refractivity contribution in [1.82, 2.24) is 5.32 Å². The van der Waals surface area contributed by atoms with E-state index in [4.69, 9.17) is 0 Å². The van der Waals surface area contributed by atoms with Crippen LogP contribution in [0.5, 0.6) is 0 Å². The number of hydrogen-bond acceptors (Lipinski definition) is 1. The predicted molar refractivity (Wildman–Crippen MR) is 77.6 cm³/mol. The van der Waals surface area contributed by atoms with Crippen LogP contribution in [0.4, 0.5) is 4.39 Å². The lowest BCUT2D eigenvalue weighted by Gasteiger charge is -2.17. The van der Waals surface area contributed by atoms with Crippen molar-refractivity contribution in [3.8, 4) is 0 Å². The molecular formula is C17H20FN. The Kier molecular flexibility index (Phi) is 5.10. The van der Waals surface area contributed by atoms with E-state index in [-0.39, 0.29) is 5.82 Å². The molecule has 0 heterocycles. The molecule has 2 aromatic rings. The molecular weight excluding hydrogens is 237 g/mol. The Balaban J connectivity index is 1.89. The lowest BCUT2D eigenvalue weighted by Crippen LogP contribution is -2.23. The van der Waals surface area contributed by atoms with Crippen molar-refractivity contribution in [3.63, 3.8) is 0 Å². The fraction of sp³-hybridized carbons (Fsp3) is 0.294. The monoisotopic (exact) mass is 257 g/mol. The highest BCUT2D eigenvalue weighted by atomic mass is 19.1. The molecule has 0 saturated heterocycles. The maximum Gasteiger partial charge on any atom is 0.126 e. The van der Waals surface area contributed by atoms with Crippen molar-refractivity contribution in [2.24, 2.45) is 0 Å². The van der Waals surface area contributed by atoms with E-state index in [1.165, 1.54) is 11.6 Å². The molecule has 1 unspecified atom stereocenters. The molecule has 2 rings (SSSR count). The van der Waals surface area contributed by atoms with Crippen LogP contribution in [0.25, 0.3) is 0 Å². The van der Waals surface area contributed by atoms with Gasteiger partial charge in [-0.15, -0.1) is 0 Å². The van der Waals surface area contributed by atoms with Gasteiger partial charge in [0.15, 0.2) is 0 Å². The van der Waals surface area contributed by atoms with Crippen LogP contribution in [0.3, 0.4) is 0 Å². The molecule has 0 bridgehead atoms. The molecule has 0 aliphatic rings. The third kappa shape index (κ3) is 3.90. The van der Waals surface area contributed by atoms with Gasteiger partial charge >= 0.3 is 0 Å². The molecule has 0 aromatic heterocycles. The number of hydrogen-bond donors (Lipinski definition) is 1. The summed E-state index contributed by atoms with van der Waals surface area (Å²) in [5.41, 5.74) is 2.07. The molecule has 2 aromatic carbocycles. The van der Waals surface area contributed by atoms with E-state index in [0.29, 0.717) is 6.04 Å². The molecule has 0 amide bonds. The van der Waals surface area contributed by atoms with E-state index >= 15 is 0 Å². The van der Waals surface area contributed by atoms with Gasteiger partial charge in [-0.2, -0.15) is 0 Å². The first-order chi connectivity index (χ1) is 9.31. The lowest BCUT2D eigenvalue weighted by molar-refractivity contribution is 0.516. The van der Waals surface area contributed by atoms with Crippen LogP contribution in [0.2, 0.25) is 0 Å². The standard InChI is InChI=1S/C17H20FN/c1-2-17(15-9-4-3-5-10-15)19-13-12-14-8-6-7-11-16(14)18/h3-11,17,19H,2,12-13H2,1H3. The highest BCUT2D eigenvalue weighted by molar-refractivity contribution is 5.20. The average molecular weight is 257 g/mol. The Morgan fingerprint density at radius 2 is 1.68 bits per heavy atom. The van der Waals surface area contributed by atoms with Crippen LogP contribution >= 0.6 is 0 Å². The largest absolute Gasteiger partial charge is 0.310 e. The van der Waals surface area contributed by atoms with E-state index in [9.17, 15) is 4.39 Å². The number of benzene rings is 2. The smallest absolute Gasteiger partial charge is 0.126 e. The van der Waals surface area contributed by atoms with Crippen LogP contribution < -0.4 is 5.32 Å². The Hall–Kier alpha value is -1.67. The minimum Gasteiger partial charge on any atom is -0.310 e. The molecule has 2 heteroatoms. The summed E-state index contributed by atoms with van der Waals surface area (Å²) in [6.07, 6.45) is 1.75. The first-order valence-corrected chi connectivity index (χ1v) is 6.83. The van der Waals surface area contributed by atoms with Gasteiger partial charge in [-0.25, -0.2) is 4.39 Å². The zero-order valence-electron chi connectivity index (χ0n) is 11.3. The topological polar surface area (TPSA) is 12.0 Å². The van der Waals surface area contributed by atoms with Gasteiger partial charge in [0.05, 0.1) is 0 Å². The SMILES string of the molecule is CCC(NCCc1ccccc1F)c1ccccc1. The van der Waals surface area contributed by atoms with Gasteiger partial charge in [0.1, 0.15) is 5.82 Å². The van der Waals surface area contributed by atoms with E-state index < -0.39 is 0 Å². The molecule has 0 fully saturated rings. The normalized spacial score (nSPS) is 12.3. The quantitative estimate of drug-likeness (QED) is 0.821. The highest BCUT2D eigenvalue weighted by Crippen LogP contribution is 2.16. The molecule has 0 aliphatic heterocycles. The number of rotatable bonds is 6. The predicted octanol–water partition coefficient (Wildman–Crippen LogP) is 4.11.